The fraction of sp³-hybridized carbons (Fsp3) is 0.429. The van der Waals surface area contributed by atoms with Gasteiger partial charge in [-0.1, -0.05) is 0 Å². The summed E-state index contributed by atoms with van der Waals surface area (Å²) in [4.78, 5) is 30.5. The van der Waals surface area contributed by atoms with E-state index in [0.29, 0.717) is 17.1 Å². The van der Waals surface area contributed by atoms with Gasteiger partial charge in [-0.25, -0.2) is 0 Å². The number of benzene rings is 1. The molecule has 3 aliphatic heterocycles. The maximum absolute atomic E-state index is 12.4. The van der Waals surface area contributed by atoms with E-state index in [2.05, 4.69) is 32.9 Å². The molecular formula is C21H28BiCl2N3O2. The molecule has 1 aromatic carbocycles. The Kier molecular flexibility index (Phi) is 7.81. The van der Waals surface area contributed by atoms with Crippen LogP contribution in [0.15, 0.2) is 35.3 Å². The first-order valence-electron chi connectivity index (χ1n) is 9.50. The summed E-state index contributed by atoms with van der Waals surface area (Å²) in [7, 11) is 0. The van der Waals surface area contributed by atoms with E-state index in [9.17, 15) is 9.59 Å². The van der Waals surface area contributed by atoms with Crippen LogP contribution in [0.3, 0.4) is 0 Å². The van der Waals surface area contributed by atoms with Gasteiger partial charge in [-0.3, -0.25) is 9.59 Å². The van der Waals surface area contributed by atoms with Crippen molar-refractivity contribution in [2.45, 2.75) is 20.8 Å². The quantitative estimate of drug-likeness (QED) is 0.281. The van der Waals surface area contributed by atoms with Crippen molar-refractivity contribution in [3.8, 4) is 0 Å². The number of halogens is 2. The maximum atomic E-state index is 12.4. The molecule has 5 rings (SSSR count). The molecule has 0 bridgehead atoms. The molecule has 4 aliphatic rings. The van der Waals surface area contributed by atoms with E-state index in [0.717, 1.165) is 64.0 Å². The van der Waals surface area contributed by atoms with Gasteiger partial charge in [0, 0.05) is 45.3 Å². The average Bonchev–Trinajstić information content (AvgIpc) is 3.48. The van der Waals surface area contributed by atoms with Gasteiger partial charge in [0.05, 0.1) is 5.70 Å². The van der Waals surface area contributed by atoms with E-state index < -0.39 is 0 Å². The van der Waals surface area contributed by atoms with E-state index in [1.165, 1.54) is 22.8 Å². The molecule has 0 atom stereocenters. The predicted molar refractivity (Wildman–Crippen MR) is 123 cm³/mol. The summed E-state index contributed by atoms with van der Waals surface area (Å²) < 4.78 is 1.59. The number of carbonyl (C=O) groups excluding carboxylic acids is 2. The Hall–Kier alpha value is -1.10. The Labute approximate surface area is 199 Å². The number of Topliss-reactive ketones (excluding diaryl/α,β-unsaturated/α-hetero) is 1. The zero-order valence-corrected chi connectivity index (χ0v) is 23.1. The SMILES string of the molecule is Cc1cc(C)[c]([BiH2])c(C)c1.Cl.Cl.O=C1C=C(N2CC2)C(=O)C(N2CC2)=C1N1CC1. The number of hydrogen-bond donors (Lipinski definition) is 0. The zero-order valence-electron chi connectivity index (χ0n) is 17.0. The molecule has 1 aromatic rings. The van der Waals surface area contributed by atoms with Crippen molar-refractivity contribution < 1.29 is 9.59 Å². The second kappa shape index (κ2) is 9.37. The number of carbonyl (C=O) groups is 2. The number of nitrogens with zero attached hydrogens (tertiary/aromatic N) is 3. The Morgan fingerprint density at radius 2 is 1.21 bits per heavy atom. The predicted octanol–water partition coefficient (Wildman–Crippen LogP) is 0.894. The molecule has 0 saturated carbocycles. The molecule has 0 radical (unpaired) electrons. The fourth-order valence-corrected chi connectivity index (χ4v) is 4.11. The van der Waals surface area contributed by atoms with Gasteiger partial charge in [0.2, 0.25) is 11.6 Å². The molecule has 3 saturated heterocycles. The number of hydrogen-bond acceptors (Lipinski definition) is 5. The molecule has 29 heavy (non-hydrogen) atoms. The minimum atomic E-state index is 0. The van der Waals surface area contributed by atoms with Gasteiger partial charge in [0.25, 0.3) is 0 Å². The van der Waals surface area contributed by atoms with Crippen molar-refractivity contribution in [2.24, 2.45) is 0 Å². The summed E-state index contributed by atoms with van der Waals surface area (Å²) >= 11 is 0.977. The molecule has 1 aliphatic carbocycles. The molecule has 8 heteroatoms. The largest absolute Gasteiger partial charge is 0.365 e. The third kappa shape index (κ3) is 5.34. The summed E-state index contributed by atoms with van der Waals surface area (Å²) in [5.74, 6) is 0.0485. The van der Waals surface area contributed by atoms with Crippen molar-refractivity contribution >= 4 is 64.4 Å². The van der Waals surface area contributed by atoms with Crippen LogP contribution in [0.5, 0.6) is 0 Å². The van der Waals surface area contributed by atoms with Gasteiger partial charge >= 0.3 is 77.6 Å². The molecule has 0 N–H and O–H groups in total. The van der Waals surface area contributed by atoms with Crippen LogP contribution >= 0.6 is 24.8 Å². The van der Waals surface area contributed by atoms with Crippen LogP contribution in [-0.4, -0.2) is 90.3 Å². The van der Waals surface area contributed by atoms with Gasteiger partial charge in [0.1, 0.15) is 11.4 Å². The van der Waals surface area contributed by atoms with E-state index in [4.69, 9.17) is 0 Å². The second-order valence-electron chi connectivity index (χ2n) is 7.69. The summed E-state index contributed by atoms with van der Waals surface area (Å²) in [6.45, 7) is 12.0. The minimum Gasteiger partial charge on any atom is -0.365 e. The fourth-order valence-electron chi connectivity index (χ4n) is 3.47. The Morgan fingerprint density at radius 3 is 1.66 bits per heavy atom. The smallest absolute Gasteiger partial charge is 0.227 e. The van der Waals surface area contributed by atoms with E-state index in [1.54, 1.807) is 3.27 Å². The van der Waals surface area contributed by atoms with Gasteiger partial charge < -0.3 is 14.7 Å². The molecule has 3 fully saturated rings. The minimum absolute atomic E-state index is 0. The second-order valence-corrected chi connectivity index (χ2v) is 9.94. The molecule has 5 nitrogen and oxygen atoms in total. The van der Waals surface area contributed by atoms with E-state index in [-0.39, 0.29) is 36.4 Å². The van der Waals surface area contributed by atoms with Crippen LogP contribution in [0.25, 0.3) is 0 Å². The van der Waals surface area contributed by atoms with Gasteiger partial charge in [0.15, 0.2) is 0 Å². The first kappa shape index (κ1) is 24.2. The Morgan fingerprint density at radius 1 is 0.759 bits per heavy atom. The Balaban J connectivity index is 0.000000219. The van der Waals surface area contributed by atoms with Crippen molar-refractivity contribution in [1.29, 1.82) is 0 Å². The van der Waals surface area contributed by atoms with Gasteiger partial charge in [-0.05, 0) is 0 Å². The number of aryl methyl sites for hydroxylation is 3. The first-order chi connectivity index (χ1) is 12.9. The third-order valence-corrected chi connectivity index (χ3v) is 8.77. The Bertz CT molecular complexity index is 878. The van der Waals surface area contributed by atoms with Crippen LogP contribution in [0.2, 0.25) is 0 Å². The molecule has 158 valence electrons. The molecule has 0 amide bonds. The maximum Gasteiger partial charge on any atom is 0.227 e. The van der Waals surface area contributed by atoms with E-state index >= 15 is 0 Å². The van der Waals surface area contributed by atoms with Crippen LogP contribution in [0, 0.1) is 20.8 Å². The number of rotatable bonds is 3. The number of ketones is 2. The zero-order chi connectivity index (χ0) is 19.3. The first-order valence-corrected chi connectivity index (χ1v) is 11.7. The topological polar surface area (TPSA) is 43.2 Å². The summed E-state index contributed by atoms with van der Waals surface area (Å²) in [5, 5.41) is 0. The standard InChI is InChI=1S/C12H13N3O2.C9H11.Bi.2ClH.2H/c16-9-7-8(13-1-2-13)12(17)11(15-5-6-15)10(9)14-3-4-14;1-7-4-8(2)6-9(3)5-7;;;;;/h7H,1-6H2;4-5H,1-3H3;;2*1H;;. The normalized spacial score (nSPS) is 19.0. The molecular weight excluding hydrogens is 606 g/mol. The number of allylic oxidation sites excluding steroid dienone is 1. The molecule has 0 spiro atoms. The van der Waals surface area contributed by atoms with Crippen molar-refractivity contribution in [3.63, 3.8) is 0 Å². The van der Waals surface area contributed by atoms with Crippen LogP contribution in [-0.2, 0) is 9.59 Å². The summed E-state index contributed by atoms with van der Waals surface area (Å²) in [6, 6.07) is 4.53. The van der Waals surface area contributed by atoms with Gasteiger partial charge in [-0.2, -0.15) is 0 Å². The molecule has 0 unspecified atom stereocenters. The molecule has 3 heterocycles. The average molecular weight is 634 g/mol. The van der Waals surface area contributed by atoms with Crippen LogP contribution in [0.1, 0.15) is 16.7 Å². The van der Waals surface area contributed by atoms with Crippen molar-refractivity contribution in [2.75, 3.05) is 39.3 Å². The summed E-state index contributed by atoms with van der Waals surface area (Å²) in [5.41, 5.74) is 6.22. The summed E-state index contributed by atoms with van der Waals surface area (Å²) in [6.07, 6.45) is 1.52. The van der Waals surface area contributed by atoms with Crippen LogP contribution in [0.4, 0.5) is 0 Å². The van der Waals surface area contributed by atoms with Crippen molar-refractivity contribution in [3.05, 3.63) is 52.0 Å². The monoisotopic (exact) mass is 633 g/mol. The molecule has 0 aromatic heterocycles. The third-order valence-electron chi connectivity index (χ3n) is 5.23. The van der Waals surface area contributed by atoms with Crippen molar-refractivity contribution in [1.82, 2.24) is 14.7 Å². The van der Waals surface area contributed by atoms with Crippen LogP contribution < -0.4 is 3.27 Å². The van der Waals surface area contributed by atoms with E-state index in [1.807, 2.05) is 14.7 Å². The van der Waals surface area contributed by atoms with Gasteiger partial charge in [-0.15, -0.1) is 24.8 Å².